The van der Waals surface area contributed by atoms with Gasteiger partial charge in [-0.2, -0.15) is 0 Å². The maximum Gasteiger partial charge on any atom is 0.294 e. The van der Waals surface area contributed by atoms with Crippen molar-refractivity contribution in [1.82, 2.24) is 15.8 Å². The number of hydrogen-bond donors (Lipinski definition) is 3. The highest BCUT2D eigenvalue weighted by Crippen LogP contribution is 2.32. The first-order valence-corrected chi connectivity index (χ1v) is 9.84. The second kappa shape index (κ2) is 8.93. The van der Waals surface area contributed by atoms with Crippen LogP contribution in [0.25, 0.3) is 6.08 Å². The summed E-state index contributed by atoms with van der Waals surface area (Å²) in [7, 11) is 0. The van der Waals surface area contributed by atoms with E-state index in [1.54, 1.807) is 42.5 Å². The van der Waals surface area contributed by atoms with Gasteiger partial charge >= 0.3 is 0 Å². The molecule has 1 heterocycles. The van der Waals surface area contributed by atoms with Gasteiger partial charge in [0.15, 0.2) is 0 Å². The number of aromatic hydroxyl groups is 1. The summed E-state index contributed by atoms with van der Waals surface area (Å²) in [6.45, 7) is -0.552. The first-order valence-electron chi connectivity index (χ1n) is 8.23. The second-order valence-corrected chi connectivity index (χ2v) is 7.75. The van der Waals surface area contributed by atoms with Crippen LogP contribution in [-0.2, 0) is 9.59 Å². The normalized spacial score (nSPS) is 14.9. The molecule has 148 valence electrons. The van der Waals surface area contributed by atoms with E-state index in [9.17, 15) is 24.3 Å². The molecule has 3 N–H and O–H groups in total. The Kier molecular flexibility index (Phi) is 6.35. The highest BCUT2D eigenvalue weighted by atomic mass is 79.9. The van der Waals surface area contributed by atoms with Gasteiger partial charge in [0.25, 0.3) is 23.0 Å². The molecule has 0 bridgehead atoms. The van der Waals surface area contributed by atoms with Crippen LogP contribution in [-0.4, -0.2) is 39.5 Å². The van der Waals surface area contributed by atoms with E-state index in [-0.39, 0.29) is 16.2 Å². The number of phenols is 1. The van der Waals surface area contributed by atoms with Gasteiger partial charge in [0, 0.05) is 4.47 Å². The van der Waals surface area contributed by atoms with E-state index in [1.807, 2.05) is 0 Å². The van der Waals surface area contributed by atoms with Gasteiger partial charge in [-0.15, -0.1) is 0 Å². The Labute approximate surface area is 178 Å². The maximum absolute atomic E-state index is 12.4. The summed E-state index contributed by atoms with van der Waals surface area (Å²) in [5.74, 6) is -2.34. The third kappa shape index (κ3) is 5.04. The van der Waals surface area contributed by atoms with Crippen LogP contribution in [0.3, 0.4) is 0 Å². The van der Waals surface area contributed by atoms with E-state index in [2.05, 4.69) is 26.8 Å². The standard InChI is InChI=1S/C19H14BrN3O5S/c20-12-7-5-11(6-8-12)9-15-18(27)23(19(28)29-15)10-16(25)21-22-17(26)13-3-1-2-4-14(13)24/h1-9,24H,10H2,(H,21,25)(H,22,26)/b15-9+. The Morgan fingerprint density at radius 3 is 2.45 bits per heavy atom. The topological polar surface area (TPSA) is 116 Å². The molecule has 3 rings (SSSR count). The number of benzene rings is 2. The van der Waals surface area contributed by atoms with Crippen molar-refractivity contribution in [2.75, 3.05) is 6.54 Å². The number of carbonyl (C=O) groups excluding carboxylic acids is 4. The molecule has 10 heteroatoms. The number of imide groups is 1. The molecule has 0 unspecified atom stereocenters. The Bertz CT molecular complexity index is 1020. The zero-order valence-corrected chi connectivity index (χ0v) is 17.1. The number of thioether (sulfide) groups is 1. The average molecular weight is 476 g/mol. The third-order valence-corrected chi connectivity index (χ3v) is 5.24. The molecule has 1 saturated heterocycles. The highest BCUT2D eigenvalue weighted by Gasteiger charge is 2.36. The first-order chi connectivity index (χ1) is 13.8. The minimum atomic E-state index is -0.763. The van der Waals surface area contributed by atoms with Gasteiger partial charge in [-0.3, -0.25) is 34.9 Å². The smallest absolute Gasteiger partial charge is 0.294 e. The predicted molar refractivity (Wildman–Crippen MR) is 111 cm³/mol. The maximum atomic E-state index is 12.4. The van der Waals surface area contributed by atoms with Crippen LogP contribution in [0.4, 0.5) is 4.79 Å². The van der Waals surface area contributed by atoms with E-state index >= 15 is 0 Å². The lowest BCUT2D eigenvalue weighted by Crippen LogP contribution is -2.47. The van der Waals surface area contributed by atoms with Crippen molar-refractivity contribution in [1.29, 1.82) is 0 Å². The molecule has 0 aromatic heterocycles. The van der Waals surface area contributed by atoms with E-state index in [0.29, 0.717) is 0 Å². The molecule has 0 spiro atoms. The summed E-state index contributed by atoms with van der Waals surface area (Å²) in [5, 5.41) is 9.05. The van der Waals surface area contributed by atoms with Crippen molar-refractivity contribution < 1.29 is 24.3 Å². The van der Waals surface area contributed by atoms with Gasteiger partial charge in [0.2, 0.25) is 0 Å². The van der Waals surface area contributed by atoms with Crippen molar-refractivity contribution >= 4 is 56.7 Å². The third-order valence-electron chi connectivity index (χ3n) is 3.81. The summed E-state index contributed by atoms with van der Waals surface area (Å²) in [5.41, 5.74) is 4.95. The van der Waals surface area contributed by atoms with Crippen LogP contribution in [0.2, 0.25) is 0 Å². The monoisotopic (exact) mass is 475 g/mol. The number of phenolic OH excluding ortho intramolecular Hbond substituents is 1. The Morgan fingerprint density at radius 2 is 1.76 bits per heavy atom. The van der Waals surface area contributed by atoms with E-state index in [4.69, 9.17) is 0 Å². The van der Waals surface area contributed by atoms with Crippen molar-refractivity contribution in [3.05, 3.63) is 69.0 Å². The van der Waals surface area contributed by atoms with Crippen LogP contribution in [0.1, 0.15) is 15.9 Å². The molecule has 0 radical (unpaired) electrons. The van der Waals surface area contributed by atoms with E-state index in [0.717, 1.165) is 26.7 Å². The molecule has 29 heavy (non-hydrogen) atoms. The van der Waals surface area contributed by atoms with Gasteiger partial charge in [-0.05, 0) is 47.7 Å². The number of nitrogens with one attached hydrogen (secondary N) is 2. The average Bonchev–Trinajstić information content (AvgIpc) is 2.95. The van der Waals surface area contributed by atoms with Gasteiger partial charge in [0.05, 0.1) is 10.5 Å². The fourth-order valence-corrected chi connectivity index (χ4v) is 3.49. The number of carbonyl (C=O) groups is 4. The minimum Gasteiger partial charge on any atom is -0.507 e. The van der Waals surface area contributed by atoms with Crippen molar-refractivity contribution in [3.63, 3.8) is 0 Å². The Balaban J connectivity index is 1.59. The zero-order valence-electron chi connectivity index (χ0n) is 14.7. The molecule has 4 amide bonds. The van der Waals surface area contributed by atoms with Crippen molar-refractivity contribution in [2.24, 2.45) is 0 Å². The second-order valence-electron chi connectivity index (χ2n) is 5.84. The molecule has 1 aliphatic rings. The molecule has 0 saturated carbocycles. The lowest BCUT2D eigenvalue weighted by molar-refractivity contribution is -0.129. The molecule has 1 aliphatic heterocycles. The molecular formula is C19H14BrN3O5S. The van der Waals surface area contributed by atoms with E-state index in [1.165, 1.54) is 12.1 Å². The number of hydrogen-bond acceptors (Lipinski definition) is 6. The summed E-state index contributed by atoms with van der Waals surface area (Å²) in [6.07, 6.45) is 1.56. The number of nitrogens with zero attached hydrogens (tertiary/aromatic N) is 1. The molecule has 1 fully saturated rings. The number of para-hydroxylation sites is 1. The molecule has 8 nitrogen and oxygen atoms in total. The molecule has 0 atom stereocenters. The van der Waals surface area contributed by atoms with Crippen LogP contribution >= 0.6 is 27.7 Å². The number of halogens is 1. The fraction of sp³-hybridized carbons (Fsp3) is 0.0526. The SMILES string of the molecule is O=C(CN1C(=O)S/C(=C/c2ccc(Br)cc2)C1=O)NNC(=O)c1ccccc1O. The molecule has 0 aliphatic carbocycles. The largest absolute Gasteiger partial charge is 0.507 e. The number of rotatable bonds is 4. The Hall–Kier alpha value is -3.11. The zero-order chi connectivity index (χ0) is 21.0. The van der Waals surface area contributed by atoms with Crippen LogP contribution < -0.4 is 10.9 Å². The van der Waals surface area contributed by atoms with Crippen LogP contribution in [0.5, 0.6) is 5.75 Å². The number of hydrazine groups is 1. The van der Waals surface area contributed by atoms with Gasteiger partial charge < -0.3 is 5.11 Å². The summed E-state index contributed by atoms with van der Waals surface area (Å²) >= 11 is 4.05. The lowest BCUT2D eigenvalue weighted by Gasteiger charge is -2.13. The summed E-state index contributed by atoms with van der Waals surface area (Å²) in [6, 6.07) is 13.0. The van der Waals surface area contributed by atoms with Gasteiger partial charge in [-0.25, -0.2) is 0 Å². The van der Waals surface area contributed by atoms with Crippen molar-refractivity contribution in [2.45, 2.75) is 0 Å². The van der Waals surface area contributed by atoms with Gasteiger partial charge in [0.1, 0.15) is 12.3 Å². The van der Waals surface area contributed by atoms with E-state index < -0.39 is 29.5 Å². The quantitative estimate of drug-likeness (QED) is 0.462. The fourth-order valence-electron chi connectivity index (χ4n) is 2.39. The number of amides is 4. The minimum absolute atomic E-state index is 0.0311. The van der Waals surface area contributed by atoms with Crippen LogP contribution in [0, 0.1) is 0 Å². The van der Waals surface area contributed by atoms with Crippen LogP contribution in [0.15, 0.2) is 57.9 Å². The highest BCUT2D eigenvalue weighted by molar-refractivity contribution is 9.10. The summed E-state index contributed by atoms with van der Waals surface area (Å²) in [4.78, 5) is 49.5. The lowest BCUT2D eigenvalue weighted by atomic mass is 10.2. The first kappa shape index (κ1) is 20.6. The Morgan fingerprint density at radius 1 is 1.07 bits per heavy atom. The van der Waals surface area contributed by atoms with Crippen molar-refractivity contribution in [3.8, 4) is 5.75 Å². The predicted octanol–water partition coefficient (Wildman–Crippen LogP) is 2.65. The summed E-state index contributed by atoms with van der Waals surface area (Å²) < 4.78 is 0.880. The molecule has 2 aromatic rings. The molecular weight excluding hydrogens is 462 g/mol. The van der Waals surface area contributed by atoms with Gasteiger partial charge in [-0.1, -0.05) is 40.2 Å². The molecule has 2 aromatic carbocycles.